The van der Waals surface area contributed by atoms with E-state index in [9.17, 15) is 4.79 Å². The Morgan fingerprint density at radius 2 is 1.77 bits per heavy atom. The summed E-state index contributed by atoms with van der Waals surface area (Å²) < 4.78 is 17.0. The Kier molecular flexibility index (Phi) is 4.29. The lowest BCUT2D eigenvalue weighted by Crippen LogP contribution is -2.34. The zero-order valence-corrected chi connectivity index (χ0v) is 16.2. The van der Waals surface area contributed by atoms with Crippen molar-refractivity contribution < 1.29 is 23.8 Å². The molecule has 1 aromatic heterocycles. The number of hydrogen-bond acceptors (Lipinski definition) is 4. The molecule has 5 heteroatoms. The van der Waals surface area contributed by atoms with Crippen LogP contribution in [0.5, 0.6) is 17.4 Å². The van der Waals surface area contributed by atoms with Crippen LogP contribution in [0.15, 0.2) is 22.6 Å². The molecule has 0 saturated carbocycles. The number of hydrogen-bond donors (Lipinski definition) is 1. The Morgan fingerprint density at radius 3 is 2.35 bits per heavy atom. The number of ether oxygens (including phenoxy) is 2. The topological polar surface area (TPSA) is 68.9 Å². The van der Waals surface area contributed by atoms with E-state index >= 15 is 0 Å². The molecule has 3 rings (SSSR count). The van der Waals surface area contributed by atoms with Crippen LogP contribution >= 0.6 is 0 Å². The summed E-state index contributed by atoms with van der Waals surface area (Å²) in [7, 11) is 1.64. The third kappa shape index (κ3) is 2.96. The van der Waals surface area contributed by atoms with E-state index < -0.39 is 5.97 Å². The molecule has 0 unspecified atom stereocenters. The average Bonchev–Trinajstić information content (AvgIpc) is 3.02. The van der Waals surface area contributed by atoms with Gasteiger partial charge in [-0.05, 0) is 47.8 Å². The summed E-state index contributed by atoms with van der Waals surface area (Å²) in [5.41, 5.74) is 3.38. The third-order valence-electron chi connectivity index (χ3n) is 5.40. The summed E-state index contributed by atoms with van der Waals surface area (Å²) in [6.45, 7) is 10.9. The highest BCUT2D eigenvalue weighted by Crippen LogP contribution is 2.53. The zero-order valence-electron chi connectivity index (χ0n) is 16.2. The third-order valence-corrected chi connectivity index (χ3v) is 5.40. The van der Waals surface area contributed by atoms with Crippen molar-refractivity contribution in [1.82, 2.24) is 0 Å². The van der Waals surface area contributed by atoms with Gasteiger partial charge in [0.15, 0.2) is 11.5 Å². The van der Waals surface area contributed by atoms with Crippen molar-refractivity contribution in [3.63, 3.8) is 0 Å². The Bertz CT molecular complexity index is 858. The number of carboxylic acid groups (broad SMARTS) is 1. The maximum Gasteiger partial charge on any atom is 0.371 e. The van der Waals surface area contributed by atoms with Crippen molar-refractivity contribution in [2.45, 2.75) is 58.3 Å². The Hall–Kier alpha value is -2.43. The first-order valence-corrected chi connectivity index (χ1v) is 8.80. The predicted octanol–water partition coefficient (Wildman–Crippen LogP) is 5.44. The second-order valence-electron chi connectivity index (χ2n) is 8.27. The average molecular weight is 358 g/mol. The molecule has 0 saturated heterocycles. The van der Waals surface area contributed by atoms with Gasteiger partial charge in [-0.25, -0.2) is 4.79 Å². The molecule has 1 heterocycles. The van der Waals surface area contributed by atoms with E-state index in [0.29, 0.717) is 11.5 Å². The van der Waals surface area contributed by atoms with Crippen molar-refractivity contribution in [2.24, 2.45) is 0 Å². The Balaban J connectivity index is 2.16. The van der Waals surface area contributed by atoms with Crippen molar-refractivity contribution in [2.75, 3.05) is 7.11 Å². The molecule has 1 aromatic carbocycles. The minimum atomic E-state index is -1.13. The molecule has 1 aliphatic rings. The highest BCUT2D eigenvalue weighted by molar-refractivity contribution is 5.84. The van der Waals surface area contributed by atoms with Gasteiger partial charge in [-0.2, -0.15) is 0 Å². The van der Waals surface area contributed by atoms with Crippen LogP contribution in [-0.2, 0) is 10.8 Å². The molecule has 1 N–H and O–H groups in total. The van der Waals surface area contributed by atoms with Crippen LogP contribution < -0.4 is 9.47 Å². The molecular formula is C21H26O5. The lowest BCUT2D eigenvalue weighted by Gasteiger charge is -2.43. The van der Waals surface area contributed by atoms with E-state index in [1.165, 1.54) is 17.7 Å². The van der Waals surface area contributed by atoms with Crippen LogP contribution in [0.3, 0.4) is 0 Å². The molecule has 140 valence electrons. The van der Waals surface area contributed by atoms with Crippen LogP contribution in [0.2, 0.25) is 0 Å². The van der Waals surface area contributed by atoms with E-state index in [2.05, 4.69) is 33.8 Å². The molecule has 0 amide bonds. The van der Waals surface area contributed by atoms with Crippen LogP contribution in [0.1, 0.15) is 67.8 Å². The van der Waals surface area contributed by atoms with E-state index in [-0.39, 0.29) is 22.5 Å². The fourth-order valence-electron chi connectivity index (χ4n) is 3.77. The van der Waals surface area contributed by atoms with Crippen LogP contribution in [0.4, 0.5) is 0 Å². The molecule has 0 radical (unpaired) electrons. The van der Waals surface area contributed by atoms with Gasteiger partial charge in [-0.3, -0.25) is 0 Å². The SMILES string of the molecule is COc1c(Oc2ccc(C(=O)O)o2)c(C)cc2c1C(C)(C)CCC2(C)C. The van der Waals surface area contributed by atoms with E-state index in [1.54, 1.807) is 7.11 Å². The summed E-state index contributed by atoms with van der Waals surface area (Å²) in [6, 6.07) is 5.05. The first kappa shape index (κ1) is 18.4. The van der Waals surface area contributed by atoms with Gasteiger partial charge in [0.1, 0.15) is 0 Å². The smallest absolute Gasteiger partial charge is 0.371 e. The minimum absolute atomic E-state index is 0.0443. The van der Waals surface area contributed by atoms with Gasteiger partial charge in [0, 0.05) is 11.6 Å². The number of furan rings is 1. The number of benzene rings is 1. The van der Waals surface area contributed by atoms with Gasteiger partial charge in [-0.1, -0.05) is 33.8 Å². The second kappa shape index (κ2) is 6.08. The minimum Gasteiger partial charge on any atom is -0.493 e. The largest absolute Gasteiger partial charge is 0.493 e. The molecule has 5 nitrogen and oxygen atoms in total. The number of carbonyl (C=O) groups is 1. The zero-order chi connectivity index (χ0) is 19.3. The van der Waals surface area contributed by atoms with Gasteiger partial charge in [-0.15, -0.1) is 0 Å². The van der Waals surface area contributed by atoms with Gasteiger partial charge >= 0.3 is 5.97 Å². The first-order valence-electron chi connectivity index (χ1n) is 8.80. The summed E-state index contributed by atoms with van der Waals surface area (Å²) in [6.07, 6.45) is 2.16. The molecule has 0 atom stereocenters. The van der Waals surface area contributed by atoms with Crippen LogP contribution in [-0.4, -0.2) is 18.2 Å². The summed E-state index contributed by atoms with van der Waals surface area (Å²) >= 11 is 0. The van der Waals surface area contributed by atoms with Crippen molar-refractivity contribution >= 4 is 5.97 Å². The number of fused-ring (bicyclic) bond motifs is 1. The molecule has 0 fully saturated rings. The fourth-order valence-corrected chi connectivity index (χ4v) is 3.77. The number of methoxy groups -OCH3 is 1. The first-order chi connectivity index (χ1) is 12.1. The van der Waals surface area contributed by atoms with E-state index in [1.807, 2.05) is 6.92 Å². The summed E-state index contributed by atoms with van der Waals surface area (Å²) in [4.78, 5) is 11.0. The monoisotopic (exact) mass is 358 g/mol. The van der Waals surface area contributed by atoms with Crippen LogP contribution in [0.25, 0.3) is 0 Å². The molecule has 0 spiro atoms. The van der Waals surface area contributed by atoms with Gasteiger partial charge in [0.2, 0.25) is 5.76 Å². The van der Waals surface area contributed by atoms with E-state index in [4.69, 9.17) is 19.0 Å². The van der Waals surface area contributed by atoms with Gasteiger partial charge < -0.3 is 19.0 Å². The highest BCUT2D eigenvalue weighted by Gasteiger charge is 2.41. The number of carboxylic acids is 1. The highest BCUT2D eigenvalue weighted by atomic mass is 16.6. The number of aromatic carboxylic acids is 1. The molecule has 0 aliphatic heterocycles. The fraction of sp³-hybridized carbons (Fsp3) is 0.476. The lowest BCUT2D eigenvalue weighted by atomic mass is 9.62. The second-order valence-corrected chi connectivity index (χ2v) is 8.27. The molecular weight excluding hydrogens is 332 g/mol. The summed E-state index contributed by atoms with van der Waals surface area (Å²) in [5.74, 6) is 0.124. The maximum atomic E-state index is 11.0. The predicted molar refractivity (Wildman–Crippen MR) is 98.8 cm³/mol. The molecule has 2 aromatic rings. The number of aryl methyl sites for hydroxylation is 1. The molecule has 0 bridgehead atoms. The standard InChI is InChI=1S/C21H26O5/c1-12-11-13-16(21(4,5)10-9-20(13,2)3)18(24-6)17(12)26-15-8-7-14(25-15)19(22)23/h7-8,11H,9-10H2,1-6H3,(H,22,23). The van der Waals surface area contributed by atoms with Gasteiger partial charge in [0.05, 0.1) is 7.11 Å². The van der Waals surface area contributed by atoms with E-state index in [0.717, 1.165) is 24.0 Å². The quantitative estimate of drug-likeness (QED) is 0.788. The van der Waals surface area contributed by atoms with Crippen molar-refractivity contribution in [1.29, 1.82) is 0 Å². The van der Waals surface area contributed by atoms with Crippen LogP contribution in [0, 0.1) is 6.92 Å². The van der Waals surface area contributed by atoms with Gasteiger partial charge in [0.25, 0.3) is 5.95 Å². The number of rotatable bonds is 4. The normalized spacial score (nSPS) is 17.5. The maximum absolute atomic E-state index is 11.0. The summed E-state index contributed by atoms with van der Waals surface area (Å²) in [5, 5.41) is 9.03. The van der Waals surface area contributed by atoms with Crippen molar-refractivity contribution in [3.05, 3.63) is 40.6 Å². The Labute approximate surface area is 153 Å². The van der Waals surface area contributed by atoms with Crippen molar-refractivity contribution in [3.8, 4) is 17.4 Å². The molecule has 1 aliphatic carbocycles. The molecule has 26 heavy (non-hydrogen) atoms. The Morgan fingerprint density at radius 1 is 1.12 bits per heavy atom. The lowest BCUT2D eigenvalue weighted by molar-refractivity contribution is 0.0657.